The Morgan fingerprint density at radius 3 is 2.22 bits per heavy atom. The molecule has 6 rings (SSSR count). The van der Waals surface area contributed by atoms with Crippen molar-refractivity contribution in [2.45, 2.75) is 64.3 Å². The number of carbonyl (C=O) groups excluding carboxylic acids is 2. The summed E-state index contributed by atoms with van der Waals surface area (Å²) in [4.78, 5) is 27.5. The summed E-state index contributed by atoms with van der Waals surface area (Å²) in [5.41, 5.74) is 0.295. The fourth-order valence-electron chi connectivity index (χ4n) is 6.58. The molecule has 146 valence electrons. The fraction of sp³-hybridized carbons (Fsp3) is 0.762. The number of hydrogen-bond donors (Lipinski definition) is 1. The summed E-state index contributed by atoms with van der Waals surface area (Å²) in [5, 5.41) is 7.20. The minimum Gasteiger partial charge on any atom is -0.361 e. The summed E-state index contributed by atoms with van der Waals surface area (Å²) >= 11 is 0. The molecule has 4 aliphatic carbocycles. The minimum atomic E-state index is -0.0834. The summed E-state index contributed by atoms with van der Waals surface area (Å²) < 4.78 is 5.01. The van der Waals surface area contributed by atoms with Gasteiger partial charge in [0.1, 0.15) is 5.76 Å². The van der Waals surface area contributed by atoms with Gasteiger partial charge in [-0.1, -0.05) is 5.16 Å². The molecule has 0 atom stereocenters. The van der Waals surface area contributed by atoms with E-state index in [-0.39, 0.29) is 17.4 Å². The van der Waals surface area contributed by atoms with E-state index in [0.29, 0.717) is 30.5 Å². The lowest BCUT2D eigenvalue weighted by atomic mass is 9.49. The zero-order chi connectivity index (χ0) is 18.6. The Morgan fingerprint density at radius 1 is 1.11 bits per heavy atom. The fourth-order valence-corrected chi connectivity index (χ4v) is 6.58. The van der Waals surface area contributed by atoms with Crippen LogP contribution in [0.2, 0.25) is 0 Å². The van der Waals surface area contributed by atoms with Crippen molar-refractivity contribution in [2.75, 3.05) is 13.1 Å². The van der Waals surface area contributed by atoms with Gasteiger partial charge in [-0.15, -0.1) is 0 Å². The largest absolute Gasteiger partial charge is 0.361 e. The third-order valence-electron chi connectivity index (χ3n) is 7.48. The molecular weight excluding hydrogens is 342 g/mol. The van der Waals surface area contributed by atoms with Gasteiger partial charge in [-0.2, -0.15) is 0 Å². The summed E-state index contributed by atoms with van der Waals surface area (Å²) in [5.74, 6) is 3.24. The number of nitrogens with one attached hydrogen (secondary N) is 1. The van der Waals surface area contributed by atoms with Gasteiger partial charge in [-0.25, -0.2) is 0 Å². The zero-order valence-electron chi connectivity index (χ0n) is 16.1. The molecule has 1 aliphatic heterocycles. The Labute approximate surface area is 160 Å². The molecule has 4 saturated carbocycles. The molecule has 0 radical (unpaired) electrons. The lowest BCUT2D eigenvalue weighted by Crippen LogP contribution is -2.56. The number of amides is 2. The summed E-state index contributed by atoms with van der Waals surface area (Å²) in [6, 6.07) is 1.87. The number of piperidine rings is 1. The van der Waals surface area contributed by atoms with Crippen LogP contribution in [0.3, 0.4) is 0 Å². The molecule has 0 spiro atoms. The van der Waals surface area contributed by atoms with E-state index in [0.717, 1.165) is 49.9 Å². The standard InChI is InChI=1S/C21H29N3O3/c1-13-6-18(23-27-13)19(25)24-4-2-17(3-5-24)22-20(26)21-10-14-7-15(11-21)9-16(8-14)12-21/h6,14-17H,2-5,7-12H2,1H3,(H,22,26). The van der Waals surface area contributed by atoms with E-state index in [2.05, 4.69) is 10.5 Å². The normalized spacial score (nSPS) is 35.4. The minimum absolute atomic E-state index is 0.0716. The molecule has 27 heavy (non-hydrogen) atoms. The molecule has 6 heteroatoms. The van der Waals surface area contributed by atoms with Crippen LogP contribution in [0.1, 0.15) is 67.6 Å². The van der Waals surface area contributed by atoms with E-state index < -0.39 is 0 Å². The number of likely N-dealkylation sites (tertiary alicyclic amines) is 1. The van der Waals surface area contributed by atoms with Crippen LogP contribution >= 0.6 is 0 Å². The molecule has 2 amide bonds. The summed E-state index contributed by atoms with van der Waals surface area (Å²) in [6.07, 6.45) is 9.02. The van der Waals surface area contributed by atoms with Crippen LogP contribution in [0.15, 0.2) is 10.6 Å². The molecule has 1 N–H and O–H groups in total. The molecule has 1 aromatic rings. The van der Waals surface area contributed by atoms with Crippen LogP contribution in [-0.2, 0) is 4.79 Å². The van der Waals surface area contributed by atoms with Gasteiger partial charge in [0.2, 0.25) is 5.91 Å². The van der Waals surface area contributed by atoms with Crippen molar-refractivity contribution >= 4 is 11.8 Å². The molecule has 1 aromatic heterocycles. The number of hydrogen-bond acceptors (Lipinski definition) is 4. The highest BCUT2D eigenvalue weighted by atomic mass is 16.5. The third-order valence-corrected chi connectivity index (χ3v) is 7.48. The first-order chi connectivity index (χ1) is 13.0. The van der Waals surface area contributed by atoms with Gasteiger partial charge in [0.25, 0.3) is 5.91 Å². The molecule has 6 nitrogen and oxygen atoms in total. The molecule has 0 unspecified atom stereocenters. The molecular formula is C21H29N3O3. The predicted molar refractivity (Wildman–Crippen MR) is 98.9 cm³/mol. The Morgan fingerprint density at radius 2 is 1.70 bits per heavy atom. The van der Waals surface area contributed by atoms with Gasteiger partial charge in [-0.3, -0.25) is 9.59 Å². The zero-order valence-corrected chi connectivity index (χ0v) is 16.1. The average molecular weight is 371 g/mol. The lowest BCUT2D eigenvalue weighted by molar-refractivity contribution is -0.147. The molecule has 0 aromatic carbocycles. The molecule has 4 bridgehead atoms. The van der Waals surface area contributed by atoms with Crippen molar-refractivity contribution in [3.63, 3.8) is 0 Å². The number of nitrogens with zero attached hydrogens (tertiary/aromatic N) is 2. The third kappa shape index (κ3) is 3.07. The Balaban J connectivity index is 1.17. The highest BCUT2D eigenvalue weighted by Crippen LogP contribution is 2.60. The second kappa shape index (κ2) is 6.35. The van der Waals surface area contributed by atoms with Crippen molar-refractivity contribution in [3.8, 4) is 0 Å². The van der Waals surface area contributed by atoms with Crippen LogP contribution in [0, 0.1) is 30.1 Å². The van der Waals surface area contributed by atoms with Gasteiger partial charge in [0.05, 0.1) is 0 Å². The first-order valence-corrected chi connectivity index (χ1v) is 10.5. The van der Waals surface area contributed by atoms with Crippen molar-refractivity contribution in [3.05, 3.63) is 17.5 Å². The van der Waals surface area contributed by atoms with Gasteiger partial charge >= 0.3 is 0 Å². The number of aryl methyl sites for hydroxylation is 1. The van der Waals surface area contributed by atoms with Crippen LogP contribution < -0.4 is 5.32 Å². The quantitative estimate of drug-likeness (QED) is 0.886. The molecule has 5 fully saturated rings. The average Bonchev–Trinajstić information content (AvgIpc) is 3.07. The summed E-state index contributed by atoms with van der Waals surface area (Å²) in [6.45, 7) is 3.11. The summed E-state index contributed by atoms with van der Waals surface area (Å²) in [7, 11) is 0. The maximum absolute atomic E-state index is 13.2. The number of aromatic nitrogens is 1. The lowest BCUT2D eigenvalue weighted by Gasteiger charge is -2.56. The van der Waals surface area contributed by atoms with Crippen molar-refractivity contribution in [1.29, 1.82) is 0 Å². The maximum Gasteiger partial charge on any atom is 0.276 e. The Kier molecular flexibility index (Phi) is 4.06. The second-order valence-corrected chi connectivity index (χ2v) is 9.56. The van der Waals surface area contributed by atoms with E-state index in [1.54, 1.807) is 13.0 Å². The smallest absolute Gasteiger partial charge is 0.276 e. The van der Waals surface area contributed by atoms with Crippen LogP contribution in [0.25, 0.3) is 0 Å². The monoisotopic (exact) mass is 371 g/mol. The predicted octanol–water partition coefficient (Wildman–Crippen LogP) is 2.92. The number of carbonyl (C=O) groups is 2. The van der Waals surface area contributed by atoms with Crippen LogP contribution in [0.4, 0.5) is 0 Å². The highest BCUT2D eigenvalue weighted by molar-refractivity contribution is 5.92. The second-order valence-electron chi connectivity index (χ2n) is 9.56. The van der Waals surface area contributed by atoms with E-state index in [9.17, 15) is 9.59 Å². The van der Waals surface area contributed by atoms with Crippen molar-refractivity contribution in [2.24, 2.45) is 23.2 Å². The van der Waals surface area contributed by atoms with Gasteiger partial charge in [0.15, 0.2) is 5.69 Å². The Bertz CT molecular complexity index is 712. The van der Waals surface area contributed by atoms with E-state index in [4.69, 9.17) is 4.52 Å². The van der Waals surface area contributed by atoms with Gasteiger partial charge in [-0.05, 0) is 76.0 Å². The van der Waals surface area contributed by atoms with Crippen LogP contribution in [-0.4, -0.2) is 41.0 Å². The van der Waals surface area contributed by atoms with E-state index in [1.807, 2.05) is 4.90 Å². The SMILES string of the molecule is Cc1cc(C(=O)N2CCC(NC(=O)C34CC5CC(CC(C5)C3)C4)CC2)no1. The molecule has 1 saturated heterocycles. The van der Waals surface area contributed by atoms with Gasteiger partial charge < -0.3 is 14.7 Å². The van der Waals surface area contributed by atoms with Gasteiger partial charge in [0, 0.05) is 30.6 Å². The van der Waals surface area contributed by atoms with Crippen molar-refractivity contribution < 1.29 is 14.1 Å². The number of rotatable bonds is 3. The van der Waals surface area contributed by atoms with Crippen LogP contribution in [0.5, 0.6) is 0 Å². The van der Waals surface area contributed by atoms with E-state index in [1.165, 1.54) is 19.3 Å². The topological polar surface area (TPSA) is 75.4 Å². The van der Waals surface area contributed by atoms with E-state index >= 15 is 0 Å². The first-order valence-electron chi connectivity index (χ1n) is 10.5. The molecule has 2 heterocycles. The first kappa shape index (κ1) is 17.3. The van der Waals surface area contributed by atoms with Crippen molar-refractivity contribution in [1.82, 2.24) is 15.4 Å². The Hall–Kier alpha value is -1.85. The molecule has 5 aliphatic rings. The maximum atomic E-state index is 13.2. The highest BCUT2D eigenvalue weighted by Gasteiger charge is 2.54.